The Labute approximate surface area is 115 Å². The Morgan fingerprint density at radius 2 is 2.21 bits per heavy atom. The second-order valence-electron chi connectivity index (χ2n) is 4.05. The van der Waals surface area contributed by atoms with Crippen LogP contribution in [0.2, 0.25) is 5.02 Å². The van der Waals surface area contributed by atoms with Gasteiger partial charge in [-0.2, -0.15) is 10.2 Å². The summed E-state index contributed by atoms with van der Waals surface area (Å²) in [6.07, 6.45) is 5.36. The molecule has 6 heteroatoms. The molecule has 0 bridgehead atoms. The monoisotopic (exact) mass is 273 g/mol. The van der Waals surface area contributed by atoms with Gasteiger partial charge in [-0.1, -0.05) is 11.6 Å². The first-order valence-corrected chi connectivity index (χ1v) is 6.22. The number of nitrogens with one attached hydrogen (secondary N) is 2. The molecule has 0 spiro atoms. The molecule has 96 valence electrons. The first-order chi connectivity index (χ1) is 9.33. The summed E-state index contributed by atoms with van der Waals surface area (Å²) in [6.45, 7) is 0.647. The smallest absolute Gasteiger partial charge is 0.0877 e. The van der Waals surface area contributed by atoms with Crippen molar-refractivity contribution in [2.24, 2.45) is 0 Å². The SMILES string of the molecule is Clc1ccc(-n2cccn2)c(NCc2ccn[nH]2)c1. The molecule has 0 saturated heterocycles. The Morgan fingerprint density at radius 1 is 1.26 bits per heavy atom. The van der Waals surface area contributed by atoms with Gasteiger partial charge in [0.05, 0.1) is 23.6 Å². The molecular weight excluding hydrogens is 262 g/mol. The number of halogens is 1. The van der Waals surface area contributed by atoms with Gasteiger partial charge in [-0.25, -0.2) is 4.68 Å². The van der Waals surface area contributed by atoms with Crippen molar-refractivity contribution in [1.82, 2.24) is 20.0 Å². The van der Waals surface area contributed by atoms with Gasteiger partial charge in [0.25, 0.3) is 0 Å². The second-order valence-corrected chi connectivity index (χ2v) is 4.48. The van der Waals surface area contributed by atoms with Crippen LogP contribution in [0.1, 0.15) is 5.69 Å². The fraction of sp³-hybridized carbons (Fsp3) is 0.0769. The first-order valence-electron chi connectivity index (χ1n) is 5.84. The molecule has 0 aliphatic rings. The van der Waals surface area contributed by atoms with Crippen LogP contribution in [0.3, 0.4) is 0 Å². The third-order valence-electron chi connectivity index (χ3n) is 2.74. The summed E-state index contributed by atoms with van der Waals surface area (Å²) in [6, 6.07) is 9.47. The average molecular weight is 274 g/mol. The molecule has 0 radical (unpaired) electrons. The highest BCUT2D eigenvalue weighted by atomic mass is 35.5. The van der Waals surface area contributed by atoms with E-state index in [-0.39, 0.29) is 0 Å². The Hall–Kier alpha value is -2.27. The van der Waals surface area contributed by atoms with Gasteiger partial charge in [0.2, 0.25) is 0 Å². The van der Waals surface area contributed by atoms with Crippen molar-refractivity contribution in [3.05, 3.63) is 59.6 Å². The van der Waals surface area contributed by atoms with E-state index in [1.165, 1.54) is 0 Å². The lowest BCUT2D eigenvalue weighted by Crippen LogP contribution is -2.05. The van der Waals surface area contributed by atoms with Gasteiger partial charge < -0.3 is 5.32 Å². The minimum absolute atomic E-state index is 0.647. The predicted octanol–water partition coefficient (Wildman–Crippen LogP) is 2.86. The van der Waals surface area contributed by atoms with Crippen LogP contribution in [0.15, 0.2) is 48.9 Å². The van der Waals surface area contributed by atoms with Crippen LogP contribution >= 0.6 is 11.6 Å². The Kier molecular flexibility index (Phi) is 3.20. The number of hydrogen-bond donors (Lipinski definition) is 2. The molecule has 0 saturated carbocycles. The zero-order chi connectivity index (χ0) is 13.1. The highest BCUT2D eigenvalue weighted by molar-refractivity contribution is 6.31. The minimum atomic E-state index is 0.647. The summed E-state index contributed by atoms with van der Waals surface area (Å²) >= 11 is 6.05. The van der Waals surface area contributed by atoms with Crippen molar-refractivity contribution in [3.8, 4) is 5.69 Å². The van der Waals surface area contributed by atoms with E-state index in [2.05, 4.69) is 20.6 Å². The van der Waals surface area contributed by atoms with Crippen molar-refractivity contribution in [2.75, 3.05) is 5.32 Å². The van der Waals surface area contributed by atoms with Crippen LogP contribution in [0, 0.1) is 0 Å². The number of aromatic nitrogens is 4. The highest BCUT2D eigenvalue weighted by Gasteiger charge is 2.06. The lowest BCUT2D eigenvalue weighted by molar-refractivity contribution is 0.877. The molecule has 2 heterocycles. The van der Waals surface area contributed by atoms with Crippen molar-refractivity contribution in [1.29, 1.82) is 0 Å². The number of rotatable bonds is 4. The van der Waals surface area contributed by atoms with E-state index < -0.39 is 0 Å². The van der Waals surface area contributed by atoms with Gasteiger partial charge in [-0.05, 0) is 30.3 Å². The predicted molar refractivity (Wildman–Crippen MR) is 74.5 cm³/mol. The Morgan fingerprint density at radius 3 is 2.95 bits per heavy atom. The van der Waals surface area contributed by atoms with E-state index in [0.29, 0.717) is 11.6 Å². The lowest BCUT2D eigenvalue weighted by Gasteiger charge is -2.12. The van der Waals surface area contributed by atoms with E-state index in [1.807, 2.05) is 36.5 Å². The van der Waals surface area contributed by atoms with Crippen LogP contribution < -0.4 is 5.32 Å². The van der Waals surface area contributed by atoms with Crippen LogP contribution in [-0.2, 0) is 6.54 Å². The maximum atomic E-state index is 6.05. The standard InChI is InChI=1S/C13H12ClN5/c14-10-2-3-13(19-7-1-5-17-19)12(8-10)15-9-11-4-6-16-18-11/h1-8,15H,9H2,(H,16,18). The summed E-state index contributed by atoms with van der Waals surface area (Å²) in [5, 5.41) is 15.1. The Bertz CT molecular complexity index is 646. The van der Waals surface area contributed by atoms with Crippen LogP contribution in [-0.4, -0.2) is 20.0 Å². The maximum absolute atomic E-state index is 6.05. The van der Waals surface area contributed by atoms with E-state index in [1.54, 1.807) is 17.1 Å². The average Bonchev–Trinajstić information content (AvgIpc) is 3.10. The number of nitrogens with zero attached hydrogens (tertiary/aromatic N) is 3. The Balaban J connectivity index is 1.88. The molecule has 0 aliphatic carbocycles. The molecule has 2 N–H and O–H groups in total. The summed E-state index contributed by atoms with van der Waals surface area (Å²) in [4.78, 5) is 0. The quantitative estimate of drug-likeness (QED) is 0.768. The first kappa shape index (κ1) is 11.8. The molecule has 0 aliphatic heterocycles. The molecule has 0 unspecified atom stereocenters. The van der Waals surface area contributed by atoms with E-state index in [4.69, 9.17) is 11.6 Å². The molecule has 0 fully saturated rings. The van der Waals surface area contributed by atoms with Gasteiger partial charge in [0.15, 0.2) is 0 Å². The molecule has 2 aromatic heterocycles. The third kappa shape index (κ3) is 2.61. The van der Waals surface area contributed by atoms with Gasteiger partial charge in [-0.3, -0.25) is 5.10 Å². The van der Waals surface area contributed by atoms with E-state index in [9.17, 15) is 0 Å². The number of hydrogen-bond acceptors (Lipinski definition) is 3. The zero-order valence-electron chi connectivity index (χ0n) is 10.0. The van der Waals surface area contributed by atoms with Gasteiger partial charge in [0.1, 0.15) is 0 Å². The van der Waals surface area contributed by atoms with Gasteiger partial charge >= 0.3 is 0 Å². The number of anilines is 1. The number of H-pyrrole nitrogens is 1. The topological polar surface area (TPSA) is 58.5 Å². The zero-order valence-corrected chi connectivity index (χ0v) is 10.8. The molecule has 3 rings (SSSR count). The molecule has 5 nitrogen and oxygen atoms in total. The largest absolute Gasteiger partial charge is 0.378 e. The molecular formula is C13H12ClN5. The fourth-order valence-electron chi connectivity index (χ4n) is 1.83. The molecule has 19 heavy (non-hydrogen) atoms. The summed E-state index contributed by atoms with van der Waals surface area (Å²) < 4.78 is 1.80. The van der Waals surface area contributed by atoms with Gasteiger partial charge in [0, 0.05) is 23.6 Å². The normalized spacial score (nSPS) is 10.6. The molecule has 3 aromatic rings. The number of benzene rings is 1. The van der Waals surface area contributed by atoms with Crippen LogP contribution in [0.5, 0.6) is 0 Å². The maximum Gasteiger partial charge on any atom is 0.0877 e. The fourth-order valence-corrected chi connectivity index (χ4v) is 2.01. The number of aromatic amines is 1. The minimum Gasteiger partial charge on any atom is -0.378 e. The summed E-state index contributed by atoms with van der Waals surface area (Å²) in [7, 11) is 0. The van der Waals surface area contributed by atoms with E-state index >= 15 is 0 Å². The van der Waals surface area contributed by atoms with Crippen molar-refractivity contribution >= 4 is 17.3 Å². The molecule has 0 atom stereocenters. The summed E-state index contributed by atoms with van der Waals surface area (Å²) in [5.74, 6) is 0. The van der Waals surface area contributed by atoms with Crippen molar-refractivity contribution in [3.63, 3.8) is 0 Å². The lowest BCUT2D eigenvalue weighted by atomic mass is 10.2. The molecule has 1 aromatic carbocycles. The van der Waals surface area contributed by atoms with E-state index in [0.717, 1.165) is 17.1 Å². The van der Waals surface area contributed by atoms with Crippen LogP contribution in [0.4, 0.5) is 5.69 Å². The summed E-state index contributed by atoms with van der Waals surface area (Å²) in [5.41, 5.74) is 2.88. The molecule has 0 amide bonds. The second kappa shape index (κ2) is 5.16. The van der Waals surface area contributed by atoms with Crippen LogP contribution in [0.25, 0.3) is 5.69 Å². The third-order valence-corrected chi connectivity index (χ3v) is 2.97. The van der Waals surface area contributed by atoms with Crippen molar-refractivity contribution in [2.45, 2.75) is 6.54 Å². The van der Waals surface area contributed by atoms with Gasteiger partial charge in [-0.15, -0.1) is 0 Å². The highest BCUT2D eigenvalue weighted by Crippen LogP contribution is 2.24. The van der Waals surface area contributed by atoms with Crippen molar-refractivity contribution < 1.29 is 0 Å².